The average molecular weight is 390 g/mol. The summed E-state index contributed by atoms with van der Waals surface area (Å²) < 4.78 is 33.2. The quantitative estimate of drug-likeness (QED) is 0.785. The Kier molecular flexibility index (Phi) is 5.89. The number of para-hydroxylation sites is 1. The first kappa shape index (κ1) is 19.9. The van der Waals surface area contributed by atoms with Crippen molar-refractivity contribution in [2.75, 3.05) is 0 Å². The summed E-state index contributed by atoms with van der Waals surface area (Å²) in [6.07, 6.45) is 2.89. The first-order valence-corrected chi connectivity index (χ1v) is 10.9. The molecule has 0 amide bonds. The maximum atomic E-state index is 12.3. The minimum absolute atomic E-state index is 0.525. The van der Waals surface area contributed by atoms with E-state index in [2.05, 4.69) is 4.72 Å². The van der Waals surface area contributed by atoms with Gasteiger partial charge in [-0.05, 0) is 56.5 Å². The smallest absolute Gasteiger partial charge is 0.214 e. The van der Waals surface area contributed by atoms with Crippen molar-refractivity contribution < 1.29 is 18.3 Å². The normalized spacial score (nSPS) is 23.3. The van der Waals surface area contributed by atoms with Gasteiger partial charge in [0.15, 0.2) is 0 Å². The predicted octanol–water partition coefficient (Wildman–Crippen LogP) is 3.94. The van der Waals surface area contributed by atoms with Crippen LogP contribution in [0.5, 0.6) is 11.5 Å². The first-order chi connectivity index (χ1) is 12.8. The Morgan fingerprint density at radius 3 is 2.30 bits per heavy atom. The minimum Gasteiger partial charge on any atom is -0.457 e. The zero-order chi connectivity index (χ0) is 19.5. The monoisotopic (exact) mass is 389 g/mol. The number of sulfonamides is 1. The van der Waals surface area contributed by atoms with E-state index in [4.69, 9.17) is 4.74 Å². The van der Waals surface area contributed by atoms with E-state index in [0.29, 0.717) is 24.2 Å². The van der Waals surface area contributed by atoms with Crippen molar-refractivity contribution in [3.05, 3.63) is 60.2 Å². The number of rotatable bonds is 6. The van der Waals surface area contributed by atoms with Gasteiger partial charge in [-0.1, -0.05) is 43.2 Å². The predicted molar refractivity (Wildman–Crippen MR) is 106 cm³/mol. The molecule has 1 aliphatic carbocycles. The maximum absolute atomic E-state index is 12.3. The lowest BCUT2D eigenvalue weighted by atomic mass is 9.76. The van der Waals surface area contributed by atoms with Crippen LogP contribution < -0.4 is 9.46 Å². The summed E-state index contributed by atoms with van der Waals surface area (Å²) in [6.45, 7) is 3.28. The highest BCUT2D eigenvalue weighted by molar-refractivity contribution is 7.90. The summed E-state index contributed by atoms with van der Waals surface area (Å²) in [5.74, 6) is 1.41. The molecule has 0 unspecified atom stereocenters. The molecular weight excluding hydrogens is 362 g/mol. The molecule has 1 saturated carbocycles. The van der Waals surface area contributed by atoms with Crippen LogP contribution in [0.15, 0.2) is 54.6 Å². The standard InChI is InChI=1S/C21H27NO4S/c1-16(2)27(24,25)22-20-10-6-7-15-21(20,23)17-11-13-19(14-12-17)26-18-8-4-3-5-9-18/h3-5,8-9,11-14,16,20,22-23H,6-7,10,15H2,1-2H3/t20-,21-/m1/s1. The average Bonchev–Trinajstić information content (AvgIpc) is 2.65. The van der Waals surface area contributed by atoms with Gasteiger partial charge in [-0.3, -0.25) is 0 Å². The molecule has 2 aromatic carbocycles. The molecular formula is C21H27NO4S. The zero-order valence-electron chi connectivity index (χ0n) is 15.8. The van der Waals surface area contributed by atoms with E-state index in [0.717, 1.165) is 18.6 Å². The number of nitrogens with one attached hydrogen (secondary N) is 1. The molecule has 2 N–H and O–H groups in total. The summed E-state index contributed by atoms with van der Waals surface area (Å²) in [7, 11) is -3.46. The van der Waals surface area contributed by atoms with Crippen LogP contribution in [-0.4, -0.2) is 24.8 Å². The molecule has 2 atom stereocenters. The summed E-state index contributed by atoms with van der Waals surface area (Å²) in [4.78, 5) is 0. The van der Waals surface area contributed by atoms with Gasteiger partial charge >= 0.3 is 0 Å². The van der Waals surface area contributed by atoms with Crippen LogP contribution in [0.3, 0.4) is 0 Å². The summed E-state index contributed by atoms with van der Waals surface area (Å²) in [6, 6.07) is 16.2. The van der Waals surface area contributed by atoms with Gasteiger partial charge in [-0.15, -0.1) is 0 Å². The fourth-order valence-corrected chi connectivity index (χ4v) is 4.41. The molecule has 3 rings (SSSR count). The fraction of sp³-hybridized carbons (Fsp3) is 0.429. The van der Waals surface area contributed by atoms with Crippen molar-refractivity contribution in [2.45, 2.75) is 56.4 Å². The van der Waals surface area contributed by atoms with E-state index in [1.54, 1.807) is 13.8 Å². The molecule has 0 bridgehead atoms. The molecule has 146 valence electrons. The van der Waals surface area contributed by atoms with E-state index >= 15 is 0 Å². The third kappa shape index (κ3) is 4.51. The third-order valence-electron chi connectivity index (χ3n) is 5.14. The minimum atomic E-state index is -3.46. The summed E-state index contributed by atoms with van der Waals surface area (Å²) in [5, 5.41) is 10.8. The summed E-state index contributed by atoms with van der Waals surface area (Å²) >= 11 is 0. The number of hydrogen-bond donors (Lipinski definition) is 2. The zero-order valence-corrected chi connectivity index (χ0v) is 16.6. The first-order valence-electron chi connectivity index (χ1n) is 9.38. The number of hydrogen-bond acceptors (Lipinski definition) is 4. The van der Waals surface area contributed by atoms with E-state index in [9.17, 15) is 13.5 Å². The molecule has 0 heterocycles. The lowest BCUT2D eigenvalue weighted by Crippen LogP contribution is -2.53. The Morgan fingerprint density at radius 2 is 1.67 bits per heavy atom. The number of aliphatic hydroxyl groups is 1. The third-order valence-corrected chi connectivity index (χ3v) is 6.99. The van der Waals surface area contributed by atoms with Gasteiger partial charge in [0.1, 0.15) is 17.1 Å². The van der Waals surface area contributed by atoms with Crippen LogP contribution in [0.25, 0.3) is 0 Å². The van der Waals surface area contributed by atoms with Gasteiger partial charge in [-0.25, -0.2) is 13.1 Å². The highest BCUT2D eigenvalue weighted by Gasteiger charge is 2.42. The molecule has 0 aromatic heterocycles. The van der Waals surface area contributed by atoms with Crippen molar-refractivity contribution in [1.29, 1.82) is 0 Å². The van der Waals surface area contributed by atoms with Crippen LogP contribution in [0.2, 0.25) is 0 Å². The van der Waals surface area contributed by atoms with Crippen molar-refractivity contribution in [3.63, 3.8) is 0 Å². The second-order valence-electron chi connectivity index (χ2n) is 7.37. The molecule has 2 aromatic rings. The van der Waals surface area contributed by atoms with E-state index in [1.807, 2.05) is 54.6 Å². The Hall–Kier alpha value is -1.89. The molecule has 5 nitrogen and oxygen atoms in total. The Labute approximate surface area is 161 Å². The highest BCUT2D eigenvalue weighted by atomic mass is 32.2. The van der Waals surface area contributed by atoms with E-state index in [1.165, 1.54) is 0 Å². The number of benzene rings is 2. The second-order valence-corrected chi connectivity index (χ2v) is 9.64. The van der Waals surface area contributed by atoms with Gasteiger partial charge in [0, 0.05) is 0 Å². The maximum Gasteiger partial charge on any atom is 0.214 e. The van der Waals surface area contributed by atoms with Crippen molar-refractivity contribution in [3.8, 4) is 11.5 Å². The van der Waals surface area contributed by atoms with Gasteiger partial charge in [0.05, 0.1) is 11.3 Å². The van der Waals surface area contributed by atoms with Gasteiger partial charge < -0.3 is 9.84 Å². The highest BCUT2D eigenvalue weighted by Crippen LogP contribution is 2.38. The van der Waals surface area contributed by atoms with Gasteiger partial charge in [0.2, 0.25) is 10.0 Å². The molecule has 0 aliphatic heterocycles. The van der Waals surface area contributed by atoms with Crippen molar-refractivity contribution in [1.82, 2.24) is 4.72 Å². The Bertz CT molecular complexity index is 850. The lowest BCUT2D eigenvalue weighted by Gasteiger charge is -2.41. The van der Waals surface area contributed by atoms with Crippen LogP contribution in [-0.2, 0) is 15.6 Å². The Morgan fingerprint density at radius 1 is 1.04 bits per heavy atom. The topological polar surface area (TPSA) is 75.6 Å². The molecule has 0 saturated heterocycles. The molecule has 1 fully saturated rings. The van der Waals surface area contributed by atoms with Crippen LogP contribution in [0, 0.1) is 0 Å². The van der Waals surface area contributed by atoms with Crippen molar-refractivity contribution >= 4 is 10.0 Å². The van der Waals surface area contributed by atoms with E-state index < -0.39 is 26.9 Å². The summed E-state index contributed by atoms with van der Waals surface area (Å²) in [5.41, 5.74) is -0.509. The molecule has 0 spiro atoms. The molecule has 27 heavy (non-hydrogen) atoms. The molecule has 6 heteroatoms. The van der Waals surface area contributed by atoms with Crippen LogP contribution in [0.4, 0.5) is 0 Å². The van der Waals surface area contributed by atoms with Crippen molar-refractivity contribution in [2.24, 2.45) is 0 Å². The second kappa shape index (κ2) is 8.00. The van der Waals surface area contributed by atoms with Crippen LogP contribution >= 0.6 is 0 Å². The Balaban J connectivity index is 1.81. The van der Waals surface area contributed by atoms with E-state index in [-0.39, 0.29) is 0 Å². The number of ether oxygens (including phenoxy) is 1. The van der Waals surface area contributed by atoms with Crippen LogP contribution in [0.1, 0.15) is 45.1 Å². The largest absolute Gasteiger partial charge is 0.457 e. The SMILES string of the molecule is CC(C)S(=O)(=O)N[C@@H]1CCCC[C@@]1(O)c1ccc(Oc2ccccc2)cc1. The van der Waals surface area contributed by atoms with Gasteiger partial charge in [-0.2, -0.15) is 0 Å². The fourth-order valence-electron chi connectivity index (χ4n) is 3.43. The molecule has 0 radical (unpaired) electrons. The lowest BCUT2D eigenvalue weighted by molar-refractivity contribution is -0.0250. The van der Waals surface area contributed by atoms with Gasteiger partial charge in [0.25, 0.3) is 0 Å². The molecule has 1 aliphatic rings.